The Labute approximate surface area is 89.3 Å². The van der Waals surface area contributed by atoms with E-state index >= 15 is 0 Å². The Hall–Kier alpha value is -0.930. The molecule has 1 fully saturated rings. The highest BCUT2D eigenvalue weighted by molar-refractivity contribution is 5.23. The maximum Gasteiger partial charge on any atom is 0.123 e. The van der Waals surface area contributed by atoms with Crippen LogP contribution in [0.25, 0.3) is 0 Å². The number of likely N-dealkylation sites (tertiary alicyclic amines) is 1. The van der Waals surface area contributed by atoms with E-state index in [1.165, 1.54) is 12.1 Å². The number of aliphatic hydroxyl groups is 1. The molecule has 2 rings (SSSR count). The van der Waals surface area contributed by atoms with Gasteiger partial charge in [-0.2, -0.15) is 0 Å². The molecule has 0 radical (unpaired) electrons. The van der Waals surface area contributed by atoms with Crippen LogP contribution in [0.2, 0.25) is 0 Å². The molecule has 15 heavy (non-hydrogen) atoms. The molecule has 2 atom stereocenters. The number of nitrogens with zero attached hydrogens (tertiary/aromatic N) is 1. The molecule has 1 aromatic carbocycles. The van der Waals surface area contributed by atoms with Crippen LogP contribution in [0.4, 0.5) is 4.39 Å². The van der Waals surface area contributed by atoms with Gasteiger partial charge in [0.2, 0.25) is 0 Å². The number of rotatable bonds is 2. The predicted molar refractivity (Wildman–Crippen MR) is 57.2 cm³/mol. The van der Waals surface area contributed by atoms with Crippen LogP contribution < -0.4 is 0 Å². The van der Waals surface area contributed by atoms with E-state index in [1.54, 1.807) is 0 Å². The van der Waals surface area contributed by atoms with E-state index in [4.69, 9.17) is 0 Å². The quantitative estimate of drug-likeness (QED) is 0.797. The Morgan fingerprint density at radius 2 is 2.00 bits per heavy atom. The van der Waals surface area contributed by atoms with Gasteiger partial charge in [-0.05, 0) is 24.7 Å². The first-order chi connectivity index (χ1) is 7.20. The molecule has 1 heterocycles. The molecule has 1 aliphatic heterocycles. The second kappa shape index (κ2) is 4.29. The van der Waals surface area contributed by atoms with E-state index in [9.17, 15) is 9.50 Å². The number of benzene rings is 1. The number of halogens is 1. The SMILES string of the molecule is CN1C[C@@H](CO)[C@H](c2ccc(F)cc2)C1. The van der Waals surface area contributed by atoms with Crippen LogP contribution >= 0.6 is 0 Å². The van der Waals surface area contributed by atoms with Gasteiger partial charge < -0.3 is 10.0 Å². The highest BCUT2D eigenvalue weighted by atomic mass is 19.1. The second-order valence-corrected chi connectivity index (χ2v) is 4.32. The van der Waals surface area contributed by atoms with E-state index in [0.29, 0.717) is 5.92 Å². The van der Waals surface area contributed by atoms with Gasteiger partial charge in [0, 0.05) is 31.5 Å². The van der Waals surface area contributed by atoms with Gasteiger partial charge in [0.15, 0.2) is 0 Å². The third-order valence-electron chi connectivity index (χ3n) is 3.16. The van der Waals surface area contributed by atoms with Gasteiger partial charge in [0.05, 0.1) is 0 Å². The van der Waals surface area contributed by atoms with Gasteiger partial charge in [-0.1, -0.05) is 12.1 Å². The molecule has 1 aromatic rings. The Balaban J connectivity index is 2.19. The lowest BCUT2D eigenvalue weighted by Crippen LogP contribution is -2.15. The van der Waals surface area contributed by atoms with Gasteiger partial charge in [-0.3, -0.25) is 0 Å². The standard InChI is InChI=1S/C12H16FNO/c1-14-6-10(8-15)12(7-14)9-2-4-11(13)5-3-9/h2-5,10,12,15H,6-8H2,1H3/t10-,12-/m0/s1. The summed E-state index contributed by atoms with van der Waals surface area (Å²) in [6, 6.07) is 6.62. The van der Waals surface area contributed by atoms with E-state index in [-0.39, 0.29) is 18.3 Å². The van der Waals surface area contributed by atoms with E-state index in [0.717, 1.165) is 18.7 Å². The summed E-state index contributed by atoms with van der Waals surface area (Å²) in [4.78, 5) is 2.20. The van der Waals surface area contributed by atoms with E-state index in [2.05, 4.69) is 4.90 Å². The molecule has 0 spiro atoms. The minimum absolute atomic E-state index is 0.201. The Morgan fingerprint density at radius 1 is 1.33 bits per heavy atom. The van der Waals surface area contributed by atoms with Gasteiger partial charge in [-0.15, -0.1) is 0 Å². The fraction of sp³-hybridized carbons (Fsp3) is 0.500. The van der Waals surface area contributed by atoms with Crippen LogP contribution in [0.5, 0.6) is 0 Å². The lowest BCUT2D eigenvalue weighted by Gasteiger charge is -2.16. The summed E-state index contributed by atoms with van der Waals surface area (Å²) in [7, 11) is 2.05. The van der Waals surface area contributed by atoms with Crippen molar-refractivity contribution in [2.75, 3.05) is 26.7 Å². The highest BCUT2D eigenvalue weighted by Gasteiger charge is 2.31. The summed E-state index contributed by atoms with van der Waals surface area (Å²) in [5.41, 5.74) is 1.12. The molecule has 0 amide bonds. The van der Waals surface area contributed by atoms with Crippen molar-refractivity contribution in [3.63, 3.8) is 0 Å². The zero-order chi connectivity index (χ0) is 10.8. The zero-order valence-corrected chi connectivity index (χ0v) is 8.86. The first-order valence-electron chi connectivity index (χ1n) is 5.25. The first kappa shape index (κ1) is 10.6. The van der Waals surface area contributed by atoms with Crippen molar-refractivity contribution in [2.24, 2.45) is 5.92 Å². The predicted octanol–water partition coefficient (Wildman–Crippen LogP) is 1.46. The van der Waals surface area contributed by atoms with Crippen LogP contribution in [-0.4, -0.2) is 36.8 Å². The number of hydrogen-bond donors (Lipinski definition) is 1. The van der Waals surface area contributed by atoms with Crippen molar-refractivity contribution in [3.05, 3.63) is 35.6 Å². The minimum Gasteiger partial charge on any atom is -0.396 e. The average molecular weight is 209 g/mol. The largest absolute Gasteiger partial charge is 0.396 e. The molecule has 0 aliphatic carbocycles. The Bertz CT molecular complexity index is 325. The molecule has 0 unspecified atom stereocenters. The lowest BCUT2D eigenvalue weighted by molar-refractivity contribution is 0.219. The summed E-state index contributed by atoms with van der Waals surface area (Å²) in [6.45, 7) is 2.06. The molecule has 0 aromatic heterocycles. The average Bonchev–Trinajstić information content (AvgIpc) is 2.61. The monoisotopic (exact) mass is 209 g/mol. The number of likely N-dealkylation sites (N-methyl/N-ethyl adjacent to an activating group) is 1. The third-order valence-corrected chi connectivity index (χ3v) is 3.16. The normalized spacial score (nSPS) is 27.1. The van der Waals surface area contributed by atoms with Crippen LogP contribution in [0.15, 0.2) is 24.3 Å². The van der Waals surface area contributed by atoms with Gasteiger partial charge >= 0.3 is 0 Å². The lowest BCUT2D eigenvalue weighted by atomic mass is 9.89. The van der Waals surface area contributed by atoms with Crippen molar-refractivity contribution in [1.29, 1.82) is 0 Å². The van der Waals surface area contributed by atoms with Crippen molar-refractivity contribution < 1.29 is 9.50 Å². The smallest absolute Gasteiger partial charge is 0.123 e. The summed E-state index contributed by atoms with van der Waals surface area (Å²) < 4.78 is 12.8. The van der Waals surface area contributed by atoms with Crippen molar-refractivity contribution in [3.8, 4) is 0 Å². The van der Waals surface area contributed by atoms with Gasteiger partial charge in [0.1, 0.15) is 5.82 Å². The van der Waals surface area contributed by atoms with E-state index < -0.39 is 0 Å². The maximum atomic E-state index is 12.8. The number of aliphatic hydroxyl groups excluding tert-OH is 1. The fourth-order valence-corrected chi connectivity index (χ4v) is 2.36. The molecule has 3 heteroatoms. The molecule has 1 aliphatic rings. The van der Waals surface area contributed by atoms with Gasteiger partial charge in [0.25, 0.3) is 0 Å². The van der Waals surface area contributed by atoms with Crippen LogP contribution in [0.1, 0.15) is 11.5 Å². The molecule has 2 nitrogen and oxygen atoms in total. The summed E-state index contributed by atoms with van der Waals surface area (Å²) in [5.74, 6) is 0.409. The van der Waals surface area contributed by atoms with Crippen molar-refractivity contribution >= 4 is 0 Å². The van der Waals surface area contributed by atoms with Crippen LogP contribution in [0, 0.1) is 11.7 Å². The Morgan fingerprint density at radius 3 is 2.60 bits per heavy atom. The maximum absolute atomic E-state index is 12.8. The van der Waals surface area contributed by atoms with Crippen LogP contribution in [-0.2, 0) is 0 Å². The topological polar surface area (TPSA) is 23.5 Å². The molecular weight excluding hydrogens is 193 g/mol. The van der Waals surface area contributed by atoms with Gasteiger partial charge in [-0.25, -0.2) is 4.39 Å². The zero-order valence-electron chi connectivity index (χ0n) is 8.86. The molecule has 1 saturated heterocycles. The molecule has 1 N–H and O–H groups in total. The van der Waals surface area contributed by atoms with Crippen molar-refractivity contribution in [2.45, 2.75) is 5.92 Å². The minimum atomic E-state index is -0.203. The molecule has 82 valence electrons. The number of hydrogen-bond acceptors (Lipinski definition) is 2. The van der Waals surface area contributed by atoms with E-state index in [1.807, 2.05) is 19.2 Å². The third kappa shape index (κ3) is 2.19. The fourth-order valence-electron chi connectivity index (χ4n) is 2.36. The Kier molecular flexibility index (Phi) is 3.03. The molecule has 0 bridgehead atoms. The van der Waals surface area contributed by atoms with Crippen molar-refractivity contribution in [1.82, 2.24) is 4.90 Å². The molecule has 0 saturated carbocycles. The van der Waals surface area contributed by atoms with Crippen LogP contribution in [0.3, 0.4) is 0 Å². The summed E-state index contributed by atoms with van der Waals surface area (Å²) in [6.07, 6.45) is 0. The summed E-state index contributed by atoms with van der Waals surface area (Å²) >= 11 is 0. The highest BCUT2D eigenvalue weighted by Crippen LogP contribution is 2.31. The molecular formula is C12H16FNO. The first-order valence-corrected chi connectivity index (χ1v) is 5.25. The summed E-state index contributed by atoms with van der Waals surface area (Å²) in [5, 5.41) is 9.27. The second-order valence-electron chi connectivity index (χ2n) is 4.32.